The van der Waals surface area contributed by atoms with E-state index in [0.717, 1.165) is 168 Å². The molecule has 570 valence electrons. The zero-order valence-electron chi connectivity index (χ0n) is 66.7. The summed E-state index contributed by atoms with van der Waals surface area (Å²) >= 11 is 1.87. The smallest absolute Gasteiger partial charge is 0.160 e. The lowest BCUT2D eigenvalue weighted by atomic mass is 9.80. The second-order valence-corrected chi connectivity index (χ2v) is 33.7. The Hall–Kier alpha value is -14.9. The van der Waals surface area contributed by atoms with E-state index in [1.165, 1.54) is 53.6 Å². The minimum absolute atomic E-state index is 0.269. The summed E-state index contributed by atoms with van der Waals surface area (Å²) in [6.45, 7) is 13.6. The second kappa shape index (κ2) is 28.2. The average Bonchev–Trinajstić information content (AvgIpc) is 1.56. The van der Waals surface area contributed by atoms with Crippen molar-refractivity contribution < 1.29 is 8.83 Å². The molecule has 21 aromatic rings. The van der Waals surface area contributed by atoms with Gasteiger partial charge in [0.25, 0.3) is 0 Å². The van der Waals surface area contributed by atoms with E-state index in [1.807, 2.05) is 163 Å². The normalized spacial score (nSPS) is 13.4. The van der Waals surface area contributed by atoms with E-state index in [4.69, 9.17) is 53.7 Å². The molecule has 11 nitrogen and oxygen atoms in total. The monoisotopic (exact) mass is 1560 g/mol. The molecule has 0 fully saturated rings. The molecule has 0 saturated carbocycles. The first-order valence-electron chi connectivity index (χ1n) is 40.6. The molecular weight excluding hydrogens is 1490 g/mol. The van der Waals surface area contributed by atoms with Crippen LogP contribution in [0.3, 0.4) is 0 Å². The Morgan fingerprint density at radius 1 is 0.242 bits per heavy atom. The Morgan fingerprint density at radius 3 is 1.04 bits per heavy atom. The zero-order chi connectivity index (χ0) is 80.5. The van der Waals surface area contributed by atoms with Crippen molar-refractivity contribution >= 4 is 75.4 Å². The third-order valence-electron chi connectivity index (χ3n) is 24.4. The highest BCUT2D eigenvalue weighted by atomic mass is 32.1. The number of fused-ring (bicyclic) bond motifs is 18. The van der Waals surface area contributed by atoms with Crippen LogP contribution in [0.5, 0.6) is 0 Å². The largest absolute Gasteiger partial charge is 0.455 e. The number of hydrogen-bond donors (Lipinski definition) is 0. The van der Waals surface area contributed by atoms with E-state index < -0.39 is 0 Å². The molecule has 0 spiro atoms. The molecule has 0 radical (unpaired) electrons. The van der Waals surface area contributed by atoms with Gasteiger partial charge in [0.15, 0.2) is 17.5 Å². The molecule has 9 aromatic heterocycles. The highest BCUT2D eigenvalue weighted by Crippen LogP contribution is 2.57. The quantitative estimate of drug-likeness (QED) is 0.136. The number of hydrogen-bond acceptors (Lipinski definition) is 12. The number of nitrogens with zero attached hydrogens (tertiary/aromatic N) is 9. The fourth-order valence-corrected chi connectivity index (χ4v) is 19.9. The molecule has 120 heavy (non-hydrogen) atoms. The summed E-state index contributed by atoms with van der Waals surface area (Å²) in [6.07, 6.45) is 5.49. The lowest BCUT2D eigenvalue weighted by molar-refractivity contribution is 0.657. The maximum absolute atomic E-state index is 6.39. The van der Waals surface area contributed by atoms with Gasteiger partial charge in [-0.2, -0.15) is 0 Å². The maximum Gasteiger partial charge on any atom is 0.160 e. The summed E-state index contributed by atoms with van der Waals surface area (Å²) in [7, 11) is 0. The van der Waals surface area contributed by atoms with Gasteiger partial charge in [0.05, 0.1) is 51.2 Å². The first kappa shape index (κ1) is 71.7. The second-order valence-electron chi connectivity index (χ2n) is 32.6. The number of aromatic nitrogens is 9. The van der Waals surface area contributed by atoms with Gasteiger partial charge in [-0.15, -0.1) is 11.3 Å². The maximum atomic E-state index is 6.39. The van der Waals surface area contributed by atoms with Crippen LogP contribution >= 0.6 is 11.3 Å². The van der Waals surface area contributed by atoms with Crippen molar-refractivity contribution in [2.45, 2.75) is 57.8 Å². The van der Waals surface area contributed by atoms with Gasteiger partial charge < -0.3 is 8.83 Å². The standard InChI is InChI=1S/2C36H25N3O.C36H25N3S/c1-36(2)28-19-18-23(24-14-10-15-26-25-13-6-7-17-30(25)40-34(24)26)21-27(28)32-31(36)33(29-16-8-9-20-37-29)39-35(38-32)22-11-4-3-5-12-22;1-36(2)28-21-23(24-14-10-15-26-25-13-6-7-17-30(25)40-34(24)26)18-19-27(28)32-31(36)33(29-16-8-9-20-37-29)39-35(38-32)22-11-4-3-5-12-22;1-36(2)28-19-18-23(24-14-10-15-26-25-13-6-7-17-30(25)40-34(24)26)21-27(28)32-31(36)33(29-16-8-9-20-37-29)39-35(38-32)22-11-4-3-5-12-22/h3*3-21H,1-2H3. The molecule has 0 unspecified atom stereocenters. The number of thiophene rings is 1. The molecule has 3 aliphatic rings. The summed E-state index contributed by atoms with van der Waals surface area (Å²) in [5.41, 5.74) is 31.3. The Morgan fingerprint density at radius 2 is 0.592 bits per heavy atom. The molecule has 0 amide bonds. The predicted molar refractivity (Wildman–Crippen MR) is 489 cm³/mol. The Labute approximate surface area is 697 Å². The molecule has 0 aliphatic heterocycles. The molecule has 0 N–H and O–H groups in total. The third kappa shape index (κ3) is 11.7. The molecule has 0 atom stereocenters. The number of rotatable bonds is 9. The highest BCUT2D eigenvalue weighted by molar-refractivity contribution is 7.26. The zero-order valence-corrected chi connectivity index (χ0v) is 67.5. The van der Waals surface area contributed by atoms with Crippen molar-refractivity contribution in [3.8, 4) is 135 Å². The van der Waals surface area contributed by atoms with Crippen LogP contribution < -0.4 is 0 Å². The van der Waals surface area contributed by atoms with E-state index in [1.54, 1.807) is 0 Å². The van der Waals surface area contributed by atoms with Crippen LogP contribution in [-0.2, 0) is 16.2 Å². The summed E-state index contributed by atoms with van der Waals surface area (Å²) in [5.74, 6) is 2.13. The SMILES string of the molecule is CC1(C)c2cc(-c3cccc4c3oc3ccccc34)ccc2-c2nc(-c3ccccc3)nc(-c3ccccn3)c21.CC1(C)c2ccc(-c3cccc4c3oc3ccccc34)cc2-c2nc(-c3ccccc3)nc(-c3ccccn3)c21.CC1(C)c2ccc(-c3cccc4c3sc3ccccc34)cc2-c2nc(-c3ccccc3)nc(-c3ccccn3)c21. The van der Waals surface area contributed by atoms with Crippen molar-refractivity contribution in [2.75, 3.05) is 0 Å². The average molecular weight is 1560 g/mol. The molecule has 12 aromatic carbocycles. The number of pyridine rings is 3. The van der Waals surface area contributed by atoms with E-state index in [-0.39, 0.29) is 16.2 Å². The van der Waals surface area contributed by atoms with Gasteiger partial charge in [-0.25, -0.2) is 29.9 Å². The van der Waals surface area contributed by atoms with Crippen LogP contribution in [0.25, 0.3) is 200 Å². The summed E-state index contributed by atoms with van der Waals surface area (Å²) in [5, 5.41) is 7.15. The summed E-state index contributed by atoms with van der Waals surface area (Å²) in [6, 6.07) is 114. The molecule has 24 rings (SSSR count). The lowest BCUT2D eigenvalue weighted by Gasteiger charge is -2.24. The molecule has 12 heteroatoms. The minimum atomic E-state index is -0.329. The Kier molecular flexibility index (Phi) is 16.9. The van der Waals surface area contributed by atoms with E-state index in [9.17, 15) is 0 Å². The number of para-hydroxylation sites is 4. The lowest BCUT2D eigenvalue weighted by Crippen LogP contribution is -2.18. The van der Waals surface area contributed by atoms with Gasteiger partial charge in [0.1, 0.15) is 22.3 Å². The summed E-state index contributed by atoms with van der Waals surface area (Å²) in [4.78, 5) is 45.1. The molecule has 0 bridgehead atoms. The molecular formula is C108H75N9O2S. The van der Waals surface area contributed by atoms with Crippen LogP contribution in [0.1, 0.15) is 74.9 Å². The van der Waals surface area contributed by atoms with Crippen LogP contribution in [0, 0.1) is 0 Å². The van der Waals surface area contributed by atoms with Crippen molar-refractivity contribution in [3.05, 3.63) is 380 Å². The van der Waals surface area contributed by atoms with Gasteiger partial charge in [-0.3, -0.25) is 15.0 Å². The number of furan rings is 2. The van der Waals surface area contributed by atoms with E-state index in [0.29, 0.717) is 11.6 Å². The van der Waals surface area contributed by atoms with Gasteiger partial charge in [-0.05, 0) is 112 Å². The van der Waals surface area contributed by atoms with Crippen LogP contribution in [0.2, 0.25) is 0 Å². The Bertz CT molecular complexity index is 7370. The fraction of sp³-hybridized carbons (Fsp3) is 0.0833. The summed E-state index contributed by atoms with van der Waals surface area (Å²) < 4.78 is 15.4. The van der Waals surface area contributed by atoms with Gasteiger partial charge in [0.2, 0.25) is 0 Å². The predicted octanol–water partition coefficient (Wildman–Crippen LogP) is 27.7. The van der Waals surface area contributed by atoms with Gasteiger partial charge in [0, 0.05) is 138 Å². The first-order chi connectivity index (χ1) is 58.8. The van der Waals surface area contributed by atoms with Crippen molar-refractivity contribution in [1.82, 2.24) is 44.9 Å². The minimum Gasteiger partial charge on any atom is -0.455 e. The van der Waals surface area contributed by atoms with Crippen molar-refractivity contribution in [2.24, 2.45) is 0 Å². The molecule has 0 saturated heterocycles. The Balaban J connectivity index is 0.000000108. The van der Waals surface area contributed by atoms with E-state index in [2.05, 4.69) is 236 Å². The van der Waals surface area contributed by atoms with Crippen LogP contribution in [-0.4, -0.2) is 44.9 Å². The number of benzene rings is 12. The van der Waals surface area contributed by atoms with Crippen molar-refractivity contribution in [3.63, 3.8) is 0 Å². The van der Waals surface area contributed by atoms with Gasteiger partial charge in [-0.1, -0.05) is 296 Å². The molecule has 9 heterocycles. The first-order valence-corrected chi connectivity index (χ1v) is 41.4. The topological polar surface area (TPSA) is 142 Å². The third-order valence-corrected chi connectivity index (χ3v) is 25.6. The van der Waals surface area contributed by atoms with Crippen molar-refractivity contribution in [1.29, 1.82) is 0 Å². The van der Waals surface area contributed by atoms with Gasteiger partial charge >= 0.3 is 0 Å². The molecule has 3 aliphatic carbocycles. The van der Waals surface area contributed by atoms with Crippen LogP contribution in [0.4, 0.5) is 0 Å². The van der Waals surface area contributed by atoms with Crippen LogP contribution in [0.15, 0.2) is 355 Å². The highest BCUT2D eigenvalue weighted by Gasteiger charge is 2.44. The van der Waals surface area contributed by atoms with E-state index >= 15 is 0 Å². The fourth-order valence-electron chi connectivity index (χ4n) is 18.6.